The minimum atomic E-state index is 0.406. The van der Waals surface area contributed by atoms with Crippen molar-refractivity contribution in [2.24, 2.45) is 0 Å². The second-order valence-corrected chi connectivity index (χ2v) is 4.59. The summed E-state index contributed by atoms with van der Waals surface area (Å²) >= 11 is 1.66. The van der Waals surface area contributed by atoms with Crippen LogP contribution in [0.5, 0.6) is 0 Å². The molecule has 14 heavy (non-hydrogen) atoms. The molecular formula is C10H13N3S. The number of hydrogen-bond acceptors (Lipinski definition) is 3. The second-order valence-electron chi connectivity index (χ2n) is 3.53. The van der Waals surface area contributed by atoms with Gasteiger partial charge >= 0.3 is 0 Å². The van der Waals surface area contributed by atoms with Crippen LogP contribution >= 0.6 is 11.3 Å². The van der Waals surface area contributed by atoms with E-state index in [-0.39, 0.29) is 0 Å². The lowest BCUT2D eigenvalue weighted by atomic mass is 10.3. The zero-order valence-corrected chi connectivity index (χ0v) is 9.38. The summed E-state index contributed by atoms with van der Waals surface area (Å²) in [4.78, 5) is 4.40. The summed E-state index contributed by atoms with van der Waals surface area (Å²) in [6.45, 7) is 6.24. The Bertz CT molecular complexity index is 428. The first-order valence-corrected chi connectivity index (χ1v) is 5.52. The lowest BCUT2D eigenvalue weighted by Crippen LogP contribution is -2.00. The van der Waals surface area contributed by atoms with Gasteiger partial charge in [-0.1, -0.05) is 0 Å². The molecule has 3 nitrogen and oxygen atoms in total. The zero-order valence-electron chi connectivity index (χ0n) is 8.56. The van der Waals surface area contributed by atoms with Crippen molar-refractivity contribution in [1.29, 1.82) is 0 Å². The van der Waals surface area contributed by atoms with Gasteiger partial charge in [-0.25, -0.2) is 4.98 Å². The third-order valence-electron chi connectivity index (χ3n) is 2.02. The molecule has 2 rings (SSSR count). The van der Waals surface area contributed by atoms with Crippen LogP contribution < -0.4 is 0 Å². The largest absolute Gasteiger partial charge is 0.270 e. The van der Waals surface area contributed by atoms with E-state index < -0.39 is 0 Å². The van der Waals surface area contributed by atoms with E-state index in [9.17, 15) is 0 Å². The molecule has 2 heterocycles. The summed E-state index contributed by atoms with van der Waals surface area (Å²) in [5.41, 5.74) is 1.94. The number of nitrogens with zero attached hydrogens (tertiary/aromatic N) is 3. The van der Waals surface area contributed by atoms with Crippen molar-refractivity contribution in [2.45, 2.75) is 26.8 Å². The van der Waals surface area contributed by atoms with Gasteiger partial charge in [0.25, 0.3) is 0 Å². The SMILES string of the molecule is Cc1nc(-c2ccn(C(C)C)n2)cs1. The molecule has 0 atom stereocenters. The Morgan fingerprint density at radius 3 is 2.64 bits per heavy atom. The normalized spacial score (nSPS) is 11.1. The number of rotatable bonds is 2. The summed E-state index contributed by atoms with van der Waals surface area (Å²) in [5.74, 6) is 0. The standard InChI is InChI=1S/C10H13N3S/c1-7(2)13-5-4-9(12-13)10-6-14-8(3)11-10/h4-7H,1-3H3. The predicted molar refractivity (Wildman–Crippen MR) is 58.5 cm³/mol. The van der Waals surface area contributed by atoms with Gasteiger partial charge in [0.1, 0.15) is 11.4 Å². The molecule has 0 radical (unpaired) electrons. The van der Waals surface area contributed by atoms with Gasteiger partial charge in [0.2, 0.25) is 0 Å². The second kappa shape index (κ2) is 3.53. The van der Waals surface area contributed by atoms with Crippen molar-refractivity contribution in [3.8, 4) is 11.4 Å². The van der Waals surface area contributed by atoms with Gasteiger partial charge in [0, 0.05) is 17.6 Å². The van der Waals surface area contributed by atoms with Crippen molar-refractivity contribution < 1.29 is 0 Å². The fourth-order valence-corrected chi connectivity index (χ4v) is 1.85. The van der Waals surface area contributed by atoms with E-state index in [2.05, 4.69) is 23.9 Å². The maximum atomic E-state index is 4.45. The molecule has 0 aromatic carbocycles. The first-order valence-electron chi connectivity index (χ1n) is 4.64. The van der Waals surface area contributed by atoms with E-state index in [1.54, 1.807) is 11.3 Å². The summed E-state index contributed by atoms with van der Waals surface area (Å²) in [6.07, 6.45) is 1.99. The highest BCUT2D eigenvalue weighted by molar-refractivity contribution is 7.09. The Morgan fingerprint density at radius 2 is 2.14 bits per heavy atom. The van der Waals surface area contributed by atoms with Gasteiger partial charge in [-0.3, -0.25) is 4.68 Å². The number of thiazole rings is 1. The smallest absolute Gasteiger partial charge is 0.112 e. The van der Waals surface area contributed by atoms with Gasteiger partial charge in [-0.15, -0.1) is 11.3 Å². The summed E-state index contributed by atoms with van der Waals surface area (Å²) in [6, 6.07) is 2.41. The van der Waals surface area contributed by atoms with Crippen molar-refractivity contribution in [3.05, 3.63) is 22.7 Å². The lowest BCUT2D eigenvalue weighted by Gasteiger charge is -2.02. The van der Waals surface area contributed by atoms with Crippen molar-refractivity contribution in [2.75, 3.05) is 0 Å². The molecule has 0 aliphatic heterocycles. The molecule has 74 valence electrons. The van der Waals surface area contributed by atoms with Crippen molar-refractivity contribution in [1.82, 2.24) is 14.8 Å². The number of hydrogen-bond donors (Lipinski definition) is 0. The summed E-state index contributed by atoms with van der Waals surface area (Å²) in [7, 11) is 0. The van der Waals surface area contributed by atoms with Crippen LogP contribution in [0.3, 0.4) is 0 Å². The fraction of sp³-hybridized carbons (Fsp3) is 0.400. The predicted octanol–water partition coefficient (Wildman–Crippen LogP) is 2.90. The van der Waals surface area contributed by atoms with Crippen molar-refractivity contribution in [3.63, 3.8) is 0 Å². The van der Waals surface area contributed by atoms with Crippen LogP contribution in [0.25, 0.3) is 11.4 Å². The van der Waals surface area contributed by atoms with Crippen molar-refractivity contribution >= 4 is 11.3 Å². The monoisotopic (exact) mass is 207 g/mol. The summed E-state index contributed by atoms with van der Waals surface area (Å²) < 4.78 is 1.95. The van der Waals surface area contributed by atoms with Crippen LogP contribution in [0, 0.1) is 6.92 Å². The highest BCUT2D eigenvalue weighted by Crippen LogP contribution is 2.20. The first-order chi connectivity index (χ1) is 6.66. The topological polar surface area (TPSA) is 30.7 Å². The molecule has 0 fully saturated rings. The molecule has 0 bridgehead atoms. The van der Waals surface area contributed by atoms with E-state index in [4.69, 9.17) is 0 Å². The molecular weight excluding hydrogens is 194 g/mol. The van der Waals surface area contributed by atoms with E-state index in [1.807, 2.05) is 29.2 Å². The minimum Gasteiger partial charge on any atom is -0.270 e. The van der Waals surface area contributed by atoms with Crippen LogP contribution in [0.2, 0.25) is 0 Å². The first kappa shape index (κ1) is 9.40. The average Bonchev–Trinajstić information content (AvgIpc) is 2.70. The molecule has 0 saturated heterocycles. The summed E-state index contributed by atoms with van der Waals surface area (Å²) in [5, 5.41) is 7.58. The van der Waals surface area contributed by atoms with Crippen LogP contribution in [-0.4, -0.2) is 14.8 Å². The number of aromatic nitrogens is 3. The zero-order chi connectivity index (χ0) is 10.1. The molecule has 0 unspecified atom stereocenters. The van der Waals surface area contributed by atoms with Crippen LogP contribution in [0.1, 0.15) is 24.9 Å². The van der Waals surface area contributed by atoms with Gasteiger partial charge in [0.05, 0.1) is 5.01 Å². The van der Waals surface area contributed by atoms with Gasteiger partial charge < -0.3 is 0 Å². The third kappa shape index (κ3) is 1.70. The highest BCUT2D eigenvalue weighted by Gasteiger charge is 2.06. The van der Waals surface area contributed by atoms with E-state index in [1.165, 1.54) is 0 Å². The lowest BCUT2D eigenvalue weighted by molar-refractivity contribution is 0.534. The Hall–Kier alpha value is -1.16. The highest BCUT2D eigenvalue weighted by atomic mass is 32.1. The Labute approximate surface area is 87.4 Å². The Kier molecular flexibility index (Phi) is 2.37. The molecule has 2 aromatic heterocycles. The number of aryl methyl sites for hydroxylation is 1. The van der Waals surface area contributed by atoms with Crippen LogP contribution in [0.15, 0.2) is 17.6 Å². The van der Waals surface area contributed by atoms with E-state index in [0.717, 1.165) is 16.4 Å². The molecule has 4 heteroatoms. The maximum absolute atomic E-state index is 4.45. The molecule has 0 amide bonds. The molecule has 0 aliphatic carbocycles. The van der Waals surface area contributed by atoms with Gasteiger partial charge in [-0.2, -0.15) is 5.10 Å². The Morgan fingerprint density at radius 1 is 1.36 bits per heavy atom. The maximum Gasteiger partial charge on any atom is 0.112 e. The Balaban J connectivity index is 2.33. The molecule has 0 spiro atoms. The molecule has 2 aromatic rings. The van der Waals surface area contributed by atoms with E-state index in [0.29, 0.717) is 6.04 Å². The molecule has 0 saturated carbocycles. The quantitative estimate of drug-likeness (QED) is 0.758. The van der Waals surface area contributed by atoms with Gasteiger partial charge in [0.15, 0.2) is 0 Å². The van der Waals surface area contributed by atoms with Crippen LogP contribution in [-0.2, 0) is 0 Å². The molecule has 0 aliphatic rings. The average molecular weight is 207 g/mol. The third-order valence-corrected chi connectivity index (χ3v) is 2.79. The van der Waals surface area contributed by atoms with E-state index >= 15 is 0 Å². The van der Waals surface area contributed by atoms with Crippen LogP contribution in [0.4, 0.5) is 0 Å². The van der Waals surface area contributed by atoms with Gasteiger partial charge in [-0.05, 0) is 26.8 Å². The minimum absolute atomic E-state index is 0.406. The molecule has 0 N–H and O–H groups in total. The fourth-order valence-electron chi connectivity index (χ4n) is 1.24.